The van der Waals surface area contributed by atoms with Crippen LogP contribution in [0.4, 0.5) is 0 Å². The van der Waals surface area contributed by atoms with Gasteiger partial charge in [0.25, 0.3) is 0 Å². The Balaban J connectivity index is 1.43. The number of fused-ring (bicyclic) bond motifs is 8. The summed E-state index contributed by atoms with van der Waals surface area (Å²) >= 11 is 0. The predicted octanol–water partition coefficient (Wildman–Crippen LogP) is 11.9. The van der Waals surface area contributed by atoms with Crippen molar-refractivity contribution in [1.82, 2.24) is 0 Å². The van der Waals surface area contributed by atoms with E-state index in [1.165, 1.54) is 87.6 Å². The Kier molecular flexibility index (Phi) is 5.05. The first-order chi connectivity index (χ1) is 21.1. The van der Waals surface area contributed by atoms with Crippen molar-refractivity contribution in [3.63, 3.8) is 0 Å². The summed E-state index contributed by atoms with van der Waals surface area (Å²) in [6.07, 6.45) is 0. The number of hydrogen-bond donors (Lipinski definition) is 0. The summed E-state index contributed by atoms with van der Waals surface area (Å²) in [7, 11) is 0. The molecule has 8 aromatic rings. The molecule has 202 valence electrons. The molecule has 9 rings (SSSR count). The Morgan fingerprint density at radius 2 is 0.953 bits per heavy atom. The first-order valence-electron chi connectivity index (χ1n) is 15.2. The molecule has 0 spiro atoms. The zero-order valence-electron chi connectivity index (χ0n) is 24.4. The van der Waals surface area contributed by atoms with Gasteiger partial charge in [-0.3, -0.25) is 0 Å². The lowest BCUT2D eigenvalue weighted by molar-refractivity contribution is 0.660. The molecule has 0 fully saturated rings. The highest BCUT2D eigenvalue weighted by atomic mass is 14.4. The average Bonchev–Trinajstić information content (AvgIpc) is 3.29. The molecule has 0 saturated heterocycles. The minimum Gasteiger partial charge on any atom is -0.0619 e. The lowest BCUT2D eigenvalue weighted by atomic mass is 9.80. The Hall–Kier alpha value is -5.20. The highest BCUT2D eigenvalue weighted by Crippen LogP contribution is 2.52. The molecule has 0 unspecified atom stereocenters. The molecule has 43 heavy (non-hydrogen) atoms. The summed E-state index contributed by atoms with van der Waals surface area (Å²) in [4.78, 5) is 0. The van der Waals surface area contributed by atoms with Crippen molar-refractivity contribution < 1.29 is 0 Å². The van der Waals surface area contributed by atoms with E-state index in [-0.39, 0.29) is 5.41 Å². The van der Waals surface area contributed by atoms with Gasteiger partial charge in [-0.15, -0.1) is 0 Å². The van der Waals surface area contributed by atoms with Crippen LogP contribution in [-0.4, -0.2) is 0 Å². The van der Waals surface area contributed by atoms with Crippen LogP contribution in [-0.2, 0) is 5.41 Å². The predicted molar refractivity (Wildman–Crippen MR) is 185 cm³/mol. The minimum absolute atomic E-state index is 0.0549. The van der Waals surface area contributed by atoms with Crippen molar-refractivity contribution in [2.45, 2.75) is 19.3 Å². The summed E-state index contributed by atoms with van der Waals surface area (Å²) in [6, 6.07) is 54.2. The monoisotopic (exact) mass is 546 g/mol. The molecule has 1 aliphatic rings. The van der Waals surface area contributed by atoms with Gasteiger partial charge < -0.3 is 0 Å². The molecule has 0 aliphatic heterocycles. The lowest BCUT2D eigenvalue weighted by Crippen LogP contribution is -2.14. The Bertz CT molecular complexity index is 2420. The third-order valence-electron chi connectivity index (χ3n) is 9.82. The van der Waals surface area contributed by atoms with E-state index in [2.05, 4.69) is 159 Å². The molecule has 0 saturated carbocycles. The maximum absolute atomic E-state index is 2.48. The van der Waals surface area contributed by atoms with Crippen LogP contribution in [0, 0.1) is 0 Å². The summed E-state index contributed by atoms with van der Waals surface area (Å²) in [5, 5.41) is 10.3. The summed E-state index contributed by atoms with van der Waals surface area (Å²) in [5.41, 5.74) is 10.6. The smallest absolute Gasteiger partial charge is 0.0159 e. The fourth-order valence-electron chi connectivity index (χ4n) is 7.76. The van der Waals surface area contributed by atoms with Gasteiger partial charge in [-0.1, -0.05) is 147 Å². The van der Waals surface area contributed by atoms with Crippen LogP contribution in [0.2, 0.25) is 0 Å². The molecule has 0 aromatic heterocycles. The molecule has 0 amide bonds. The second-order valence-electron chi connectivity index (χ2n) is 12.5. The zero-order chi connectivity index (χ0) is 28.7. The van der Waals surface area contributed by atoms with Gasteiger partial charge in [0.05, 0.1) is 0 Å². The van der Waals surface area contributed by atoms with E-state index in [0.29, 0.717) is 0 Å². The first-order valence-corrected chi connectivity index (χ1v) is 15.2. The topological polar surface area (TPSA) is 0 Å². The van der Waals surface area contributed by atoms with Gasteiger partial charge in [-0.25, -0.2) is 0 Å². The third kappa shape index (κ3) is 3.44. The van der Waals surface area contributed by atoms with E-state index in [9.17, 15) is 0 Å². The van der Waals surface area contributed by atoms with Gasteiger partial charge in [0.2, 0.25) is 0 Å². The van der Waals surface area contributed by atoms with Crippen LogP contribution >= 0.6 is 0 Å². The second-order valence-corrected chi connectivity index (χ2v) is 12.5. The number of hydrogen-bond acceptors (Lipinski definition) is 0. The lowest BCUT2D eigenvalue weighted by Gasteiger charge is -2.23. The standard InChI is InChI=1S/C43H30/c1-43(2)38-18-10-9-15-33(38)34-23-22-31(26-39(34)43)41-36-17-8-7-16-35(36)40(30-20-19-27-11-3-4-13-29(27)25-30)37-24-21-28-12-5-6-14-32(28)42(37)41/h3-26H,1-2H3. The first kappa shape index (κ1) is 24.4. The number of rotatable bonds is 2. The third-order valence-corrected chi connectivity index (χ3v) is 9.82. The Labute approximate surface area is 251 Å². The van der Waals surface area contributed by atoms with Crippen molar-refractivity contribution in [3.05, 3.63) is 157 Å². The highest BCUT2D eigenvalue weighted by Gasteiger charge is 2.35. The molecule has 0 heterocycles. The van der Waals surface area contributed by atoms with Crippen LogP contribution in [0.5, 0.6) is 0 Å². The van der Waals surface area contributed by atoms with Crippen LogP contribution < -0.4 is 0 Å². The zero-order valence-corrected chi connectivity index (χ0v) is 24.4. The largest absolute Gasteiger partial charge is 0.0619 e. The molecular weight excluding hydrogens is 516 g/mol. The maximum Gasteiger partial charge on any atom is 0.0159 e. The van der Waals surface area contributed by atoms with Gasteiger partial charge >= 0.3 is 0 Å². The van der Waals surface area contributed by atoms with Crippen molar-refractivity contribution in [2.75, 3.05) is 0 Å². The van der Waals surface area contributed by atoms with E-state index in [1.807, 2.05) is 0 Å². The Morgan fingerprint density at radius 1 is 0.372 bits per heavy atom. The SMILES string of the molecule is CC1(C)c2ccccc2-c2ccc(-c3c4ccccc4c(-c4ccc5ccccc5c4)c4ccc5ccccc5c34)cc21. The van der Waals surface area contributed by atoms with Crippen LogP contribution in [0.3, 0.4) is 0 Å². The number of benzene rings is 8. The Morgan fingerprint density at radius 3 is 1.79 bits per heavy atom. The molecule has 0 radical (unpaired) electrons. The molecule has 0 atom stereocenters. The van der Waals surface area contributed by atoms with Gasteiger partial charge in [-0.05, 0) is 99.7 Å². The van der Waals surface area contributed by atoms with Crippen molar-refractivity contribution in [2.24, 2.45) is 0 Å². The van der Waals surface area contributed by atoms with E-state index >= 15 is 0 Å². The maximum atomic E-state index is 2.48. The summed E-state index contributed by atoms with van der Waals surface area (Å²) < 4.78 is 0. The molecule has 8 aromatic carbocycles. The normalized spacial score (nSPS) is 13.5. The molecule has 1 aliphatic carbocycles. The van der Waals surface area contributed by atoms with Crippen LogP contribution in [0.25, 0.3) is 76.5 Å². The van der Waals surface area contributed by atoms with Crippen LogP contribution in [0.1, 0.15) is 25.0 Å². The van der Waals surface area contributed by atoms with Gasteiger partial charge in [-0.2, -0.15) is 0 Å². The van der Waals surface area contributed by atoms with Gasteiger partial charge in [0, 0.05) is 5.41 Å². The van der Waals surface area contributed by atoms with E-state index in [0.717, 1.165) is 0 Å². The fraction of sp³-hybridized carbons (Fsp3) is 0.0698. The summed E-state index contributed by atoms with van der Waals surface area (Å²) in [5.74, 6) is 0. The average molecular weight is 547 g/mol. The minimum atomic E-state index is -0.0549. The quantitative estimate of drug-likeness (QED) is 0.149. The van der Waals surface area contributed by atoms with Crippen molar-refractivity contribution in [1.29, 1.82) is 0 Å². The molecule has 0 heteroatoms. The molecule has 0 N–H and O–H groups in total. The molecule has 0 bridgehead atoms. The fourth-order valence-corrected chi connectivity index (χ4v) is 7.76. The van der Waals surface area contributed by atoms with Crippen LogP contribution in [0.15, 0.2) is 146 Å². The highest BCUT2D eigenvalue weighted by molar-refractivity contribution is 6.28. The van der Waals surface area contributed by atoms with Crippen molar-refractivity contribution in [3.8, 4) is 33.4 Å². The van der Waals surface area contributed by atoms with E-state index in [4.69, 9.17) is 0 Å². The van der Waals surface area contributed by atoms with Gasteiger partial charge in [0.15, 0.2) is 0 Å². The van der Waals surface area contributed by atoms with E-state index in [1.54, 1.807) is 0 Å². The molecule has 0 nitrogen and oxygen atoms in total. The van der Waals surface area contributed by atoms with Crippen molar-refractivity contribution >= 4 is 43.1 Å². The van der Waals surface area contributed by atoms with Gasteiger partial charge in [0.1, 0.15) is 0 Å². The van der Waals surface area contributed by atoms with E-state index < -0.39 is 0 Å². The molecular formula is C43H30. The second kappa shape index (κ2) is 8.90. The summed E-state index contributed by atoms with van der Waals surface area (Å²) in [6.45, 7) is 4.74.